The molecule has 0 bridgehead atoms. The molecule has 0 saturated heterocycles. The zero-order valence-electron chi connectivity index (χ0n) is 27.5. The topological polar surface area (TPSA) is 54.4 Å². The van der Waals surface area contributed by atoms with Crippen LogP contribution in [-0.4, -0.2) is 16.3 Å². The van der Waals surface area contributed by atoms with E-state index in [-0.39, 0.29) is 11.7 Å². The van der Waals surface area contributed by atoms with Crippen LogP contribution in [0.1, 0.15) is 117 Å². The largest absolute Gasteiger partial charge is 0.481 e. The molecule has 0 aromatic heterocycles. The van der Waals surface area contributed by atoms with Crippen molar-refractivity contribution < 1.29 is 14.7 Å². The average Bonchev–Trinajstić information content (AvgIpc) is 3.00. The molecule has 0 saturated carbocycles. The summed E-state index contributed by atoms with van der Waals surface area (Å²) in [5, 5.41) is 8.25. The lowest BCUT2D eigenvalue weighted by Crippen LogP contribution is -1.92. The van der Waals surface area contributed by atoms with Gasteiger partial charge in [0.1, 0.15) is 0 Å². The summed E-state index contributed by atoms with van der Waals surface area (Å²) in [6.45, 7) is 4.29. The molecule has 4 heteroatoms. The summed E-state index contributed by atoms with van der Waals surface area (Å²) in [5.41, 5.74) is 0. The Morgan fingerprint density at radius 2 is 0.682 bits per heavy atom. The van der Waals surface area contributed by atoms with Crippen molar-refractivity contribution in [2.45, 2.75) is 117 Å². The van der Waals surface area contributed by atoms with Gasteiger partial charge < -0.3 is 5.11 Å². The Balaban J connectivity index is 0. The van der Waals surface area contributed by atoms with Crippen LogP contribution in [0.2, 0.25) is 0 Å². The van der Waals surface area contributed by atoms with Crippen molar-refractivity contribution in [3.8, 4) is 0 Å². The molecule has 0 heterocycles. The average molecular weight is 623 g/mol. The molecule has 3 nitrogen and oxygen atoms in total. The zero-order chi connectivity index (χ0) is 32.6. The number of allylic oxidation sites excluding steroid dienone is 20. The zero-order valence-corrected chi connectivity index (χ0v) is 28.3. The molecule has 244 valence electrons. The van der Waals surface area contributed by atoms with Crippen LogP contribution in [0.4, 0.5) is 0 Å². The second-order valence-electron chi connectivity index (χ2n) is 9.95. The van der Waals surface area contributed by atoms with Crippen LogP contribution in [0.3, 0.4) is 0 Å². The minimum Gasteiger partial charge on any atom is -0.481 e. The van der Waals surface area contributed by atoms with Crippen molar-refractivity contribution in [3.05, 3.63) is 122 Å². The molecule has 0 aliphatic rings. The molecule has 0 atom stereocenters. The van der Waals surface area contributed by atoms with E-state index in [0.29, 0.717) is 6.42 Å². The third kappa shape index (κ3) is 45.8. The normalized spacial score (nSPS) is 12.8. The number of carbonyl (C=O) groups is 2. The van der Waals surface area contributed by atoms with Gasteiger partial charge in [-0.3, -0.25) is 9.59 Å². The van der Waals surface area contributed by atoms with E-state index in [4.69, 9.17) is 16.7 Å². The summed E-state index contributed by atoms with van der Waals surface area (Å²) in [5.74, 6) is -0.715. The summed E-state index contributed by atoms with van der Waals surface area (Å²) in [6.07, 6.45) is 57.5. The van der Waals surface area contributed by atoms with Gasteiger partial charge in [0, 0.05) is 12.8 Å². The molecule has 0 fully saturated rings. The number of carbonyl (C=O) groups excluding carboxylic acids is 1. The van der Waals surface area contributed by atoms with E-state index in [9.17, 15) is 9.59 Å². The van der Waals surface area contributed by atoms with Gasteiger partial charge in [0.25, 0.3) is 0 Å². The van der Waals surface area contributed by atoms with Crippen LogP contribution >= 0.6 is 11.6 Å². The van der Waals surface area contributed by atoms with Crippen LogP contribution in [0, 0.1) is 0 Å². The standard InChI is InChI=1S/C20H29ClO.C20H30O2/c2*1-2-3-4-5-6-7-8-9-10-11-12-13-14-15-16-17-18-19-20(21)22/h3-4,6-7,9-10,12-13,15-16H,2,5,8,11,14,17-19H2,1H3;3-4,6-7,9-10,12-13,15-16H,2,5,8,11,14,17-19H2,1H3,(H,21,22)/b2*4-3-,7-6-,10-9-,13-12-,16-15-. The SMILES string of the molecule is CC/C=C\C/C=C\C/C=C\C/C=C\C/C=C\CCCC(=O)Cl.CC/C=C\C/C=C\C/C=C\C/C=C\C/C=C\CCCC(=O)O. The molecule has 0 radical (unpaired) electrons. The van der Waals surface area contributed by atoms with Gasteiger partial charge in [-0.2, -0.15) is 0 Å². The fourth-order valence-corrected chi connectivity index (χ4v) is 3.60. The number of unbranched alkanes of at least 4 members (excludes halogenated alkanes) is 2. The molecule has 44 heavy (non-hydrogen) atoms. The van der Waals surface area contributed by atoms with E-state index in [0.717, 1.165) is 89.9 Å². The number of hydrogen-bond acceptors (Lipinski definition) is 2. The first-order chi connectivity index (χ1) is 21.5. The summed E-state index contributed by atoms with van der Waals surface area (Å²) in [6, 6.07) is 0. The molecule has 0 spiro atoms. The van der Waals surface area contributed by atoms with Gasteiger partial charge >= 0.3 is 5.97 Å². The Morgan fingerprint density at radius 3 is 0.932 bits per heavy atom. The summed E-state index contributed by atoms with van der Waals surface area (Å²) in [7, 11) is 0. The highest BCUT2D eigenvalue weighted by molar-refractivity contribution is 6.63. The van der Waals surface area contributed by atoms with Crippen molar-refractivity contribution in [2.24, 2.45) is 0 Å². The van der Waals surface area contributed by atoms with Crippen LogP contribution < -0.4 is 0 Å². The fraction of sp³-hybridized carbons (Fsp3) is 0.450. The first-order valence-corrected chi connectivity index (χ1v) is 16.8. The van der Waals surface area contributed by atoms with Crippen LogP contribution in [-0.2, 0) is 9.59 Å². The van der Waals surface area contributed by atoms with Gasteiger partial charge in [0.05, 0.1) is 0 Å². The molecule has 0 amide bonds. The number of halogens is 1. The Hall–Kier alpha value is -3.17. The molecular weight excluding hydrogens is 564 g/mol. The maximum Gasteiger partial charge on any atom is 0.303 e. The van der Waals surface area contributed by atoms with E-state index < -0.39 is 5.97 Å². The smallest absolute Gasteiger partial charge is 0.303 e. The number of carboxylic acids is 1. The lowest BCUT2D eigenvalue weighted by atomic mass is 10.2. The third-order valence-electron chi connectivity index (χ3n) is 5.82. The van der Waals surface area contributed by atoms with E-state index in [2.05, 4.69) is 135 Å². The Morgan fingerprint density at radius 1 is 0.432 bits per heavy atom. The number of hydrogen-bond donors (Lipinski definition) is 1. The van der Waals surface area contributed by atoms with E-state index >= 15 is 0 Å². The van der Waals surface area contributed by atoms with Crippen LogP contribution in [0.5, 0.6) is 0 Å². The third-order valence-corrected chi connectivity index (χ3v) is 6.01. The maximum atomic E-state index is 10.5. The second kappa shape index (κ2) is 39.8. The quantitative estimate of drug-likeness (QED) is 0.0593. The predicted octanol–water partition coefficient (Wildman–Crippen LogP) is 12.7. The van der Waals surface area contributed by atoms with Gasteiger partial charge in [-0.25, -0.2) is 0 Å². The van der Waals surface area contributed by atoms with Gasteiger partial charge in [-0.05, 0) is 101 Å². The number of aliphatic carboxylic acids is 1. The number of carboxylic acid groups (broad SMARTS) is 1. The lowest BCUT2D eigenvalue weighted by Gasteiger charge is -1.89. The first-order valence-electron chi connectivity index (χ1n) is 16.4. The molecule has 0 aliphatic heterocycles. The van der Waals surface area contributed by atoms with Crippen molar-refractivity contribution >= 4 is 22.8 Å². The predicted molar refractivity (Wildman–Crippen MR) is 195 cm³/mol. The monoisotopic (exact) mass is 622 g/mol. The minimum absolute atomic E-state index is 0.243. The van der Waals surface area contributed by atoms with Crippen molar-refractivity contribution in [2.75, 3.05) is 0 Å². The van der Waals surface area contributed by atoms with E-state index in [1.54, 1.807) is 0 Å². The molecular formula is C40H59ClO3. The second-order valence-corrected chi connectivity index (χ2v) is 10.4. The Kier molecular flexibility index (Phi) is 38.9. The van der Waals surface area contributed by atoms with Crippen molar-refractivity contribution in [1.82, 2.24) is 0 Å². The summed E-state index contributed by atoms with van der Waals surface area (Å²) < 4.78 is 0. The number of rotatable bonds is 26. The van der Waals surface area contributed by atoms with Gasteiger partial charge in [0.15, 0.2) is 0 Å². The van der Waals surface area contributed by atoms with Crippen LogP contribution in [0.25, 0.3) is 0 Å². The van der Waals surface area contributed by atoms with Gasteiger partial charge in [0.2, 0.25) is 5.24 Å². The Bertz CT molecular complexity index is 877. The molecule has 0 aromatic carbocycles. The van der Waals surface area contributed by atoms with E-state index in [1.807, 2.05) is 0 Å². The highest BCUT2D eigenvalue weighted by Gasteiger charge is 1.93. The van der Waals surface area contributed by atoms with Crippen molar-refractivity contribution in [1.29, 1.82) is 0 Å². The minimum atomic E-state index is -0.715. The Labute approximate surface area is 275 Å². The molecule has 0 unspecified atom stereocenters. The van der Waals surface area contributed by atoms with Gasteiger partial charge in [-0.1, -0.05) is 135 Å². The highest BCUT2D eigenvalue weighted by atomic mass is 35.5. The molecule has 0 rings (SSSR count). The summed E-state index contributed by atoms with van der Waals surface area (Å²) in [4.78, 5) is 20.8. The highest BCUT2D eigenvalue weighted by Crippen LogP contribution is 2.02. The lowest BCUT2D eigenvalue weighted by molar-refractivity contribution is -0.137. The first kappa shape index (κ1) is 43.0. The summed E-state index contributed by atoms with van der Waals surface area (Å²) >= 11 is 5.26. The molecule has 1 N–H and O–H groups in total. The molecule has 0 aromatic rings. The van der Waals surface area contributed by atoms with Gasteiger partial charge in [-0.15, -0.1) is 0 Å². The van der Waals surface area contributed by atoms with Crippen LogP contribution in [0.15, 0.2) is 122 Å². The fourth-order valence-electron chi connectivity index (χ4n) is 3.47. The molecule has 0 aliphatic carbocycles. The van der Waals surface area contributed by atoms with Crippen molar-refractivity contribution in [3.63, 3.8) is 0 Å². The maximum absolute atomic E-state index is 10.5. The van der Waals surface area contributed by atoms with E-state index in [1.165, 1.54) is 0 Å².